The normalized spacial score (nSPS) is 15.7. The van der Waals surface area contributed by atoms with Crippen molar-refractivity contribution in [1.29, 1.82) is 0 Å². The van der Waals surface area contributed by atoms with Gasteiger partial charge in [0.2, 0.25) is 5.91 Å². The molecule has 6 nitrogen and oxygen atoms in total. The molecule has 1 fully saturated rings. The Morgan fingerprint density at radius 1 is 1.28 bits per heavy atom. The first-order valence-corrected chi connectivity index (χ1v) is 11.5. The molecule has 2 rings (SSSR count). The third-order valence-electron chi connectivity index (χ3n) is 5.35. The number of nitrogens with zero attached hydrogens (tertiary/aromatic N) is 4. The molecule has 1 amide bonds. The number of likely N-dealkylation sites (N-methyl/N-ethyl adjacent to an activating group) is 2. The second-order valence-corrected chi connectivity index (χ2v) is 8.45. The zero-order valence-electron chi connectivity index (χ0n) is 18.4. The van der Waals surface area contributed by atoms with Gasteiger partial charge in [0.1, 0.15) is 0 Å². The molecule has 2 heterocycles. The van der Waals surface area contributed by atoms with Gasteiger partial charge in [0, 0.05) is 44.6 Å². The highest BCUT2D eigenvalue weighted by Gasteiger charge is 2.20. The molecule has 0 spiro atoms. The van der Waals surface area contributed by atoms with Crippen molar-refractivity contribution in [3.8, 4) is 0 Å². The van der Waals surface area contributed by atoms with Gasteiger partial charge in [0.05, 0.1) is 6.54 Å². The number of halogens is 1. The molecule has 1 N–H and O–H groups in total. The Kier molecular flexibility index (Phi) is 12.8. The van der Waals surface area contributed by atoms with Gasteiger partial charge in [-0.1, -0.05) is 6.07 Å². The Hall–Kier alpha value is -0.870. The number of carbonyl (C=O) groups is 1. The number of aliphatic imine (C=N–C) groups is 1. The standard InChI is InChI=1S/C21H37N5OS.HI/c1-5-22-21(24(4)17-20(27)26(6-2)7-3)23-15-18-10-12-25(13-11-18)16-19-9-8-14-28-19;/h8-9,14,18H,5-7,10-13,15-17H2,1-4H3,(H,22,23);1H. The molecule has 0 aliphatic carbocycles. The van der Waals surface area contributed by atoms with Crippen molar-refractivity contribution in [2.75, 3.05) is 52.9 Å². The van der Waals surface area contributed by atoms with Crippen LogP contribution < -0.4 is 5.32 Å². The minimum Gasteiger partial charge on any atom is -0.357 e. The van der Waals surface area contributed by atoms with Crippen molar-refractivity contribution in [2.45, 2.75) is 40.2 Å². The van der Waals surface area contributed by atoms with E-state index in [9.17, 15) is 4.79 Å². The van der Waals surface area contributed by atoms with Crippen LogP contribution in [0.1, 0.15) is 38.5 Å². The highest BCUT2D eigenvalue weighted by molar-refractivity contribution is 14.0. The maximum atomic E-state index is 12.4. The fourth-order valence-electron chi connectivity index (χ4n) is 3.59. The molecule has 29 heavy (non-hydrogen) atoms. The van der Waals surface area contributed by atoms with Crippen molar-refractivity contribution >= 4 is 47.2 Å². The number of amides is 1. The molecule has 1 aliphatic rings. The highest BCUT2D eigenvalue weighted by Crippen LogP contribution is 2.21. The molecule has 8 heteroatoms. The number of rotatable bonds is 9. The van der Waals surface area contributed by atoms with Crippen LogP contribution in [0.2, 0.25) is 0 Å². The molecule has 0 atom stereocenters. The maximum absolute atomic E-state index is 12.4. The molecule has 0 unspecified atom stereocenters. The van der Waals surface area contributed by atoms with Crippen molar-refractivity contribution in [2.24, 2.45) is 10.9 Å². The topological polar surface area (TPSA) is 51.2 Å². The van der Waals surface area contributed by atoms with E-state index in [1.807, 2.05) is 42.0 Å². The number of piperidine rings is 1. The van der Waals surface area contributed by atoms with E-state index in [2.05, 4.69) is 34.7 Å². The third kappa shape index (κ3) is 8.80. The Morgan fingerprint density at radius 3 is 2.52 bits per heavy atom. The third-order valence-corrected chi connectivity index (χ3v) is 6.21. The summed E-state index contributed by atoms with van der Waals surface area (Å²) in [6.07, 6.45) is 2.38. The van der Waals surface area contributed by atoms with E-state index >= 15 is 0 Å². The second-order valence-electron chi connectivity index (χ2n) is 7.42. The smallest absolute Gasteiger partial charge is 0.242 e. The lowest BCUT2D eigenvalue weighted by atomic mass is 9.97. The van der Waals surface area contributed by atoms with Gasteiger partial charge in [-0.3, -0.25) is 14.7 Å². The van der Waals surface area contributed by atoms with Crippen LogP contribution in [-0.2, 0) is 11.3 Å². The van der Waals surface area contributed by atoms with E-state index in [4.69, 9.17) is 4.99 Å². The number of thiophene rings is 1. The van der Waals surface area contributed by atoms with Gasteiger partial charge in [0.25, 0.3) is 0 Å². The van der Waals surface area contributed by atoms with Crippen molar-refractivity contribution in [3.63, 3.8) is 0 Å². The summed E-state index contributed by atoms with van der Waals surface area (Å²) < 4.78 is 0. The Labute approximate surface area is 197 Å². The van der Waals surface area contributed by atoms with Crippen LogP contribution in [0.4, 0.5) is 0 Å². The van der Waals surface area contributed by atoms with E-state index in [-0.39, 0.29) is 29.9 Å². The van der Waals surface area contributed by atoms with E-state index in [0.717, 1.165) is 51.8 Å². The Morgan fingerprint density at radius 2 is 1.97 bits per heavy atom. The fourth-order valence-corrected chi connectivity index (χ4v) is 4.34. The monoisotopic (exact) mass is 535 g/mol. The van der Waals surface area contributed by atoms with Gasteiger partial charge in [-0.2, -0.15) is 0 Å². The molecular formula is C21H38IN5OS. The van der Waals surface area contributed by atoms with Gasteiger partial charge < -0.3 is 15.1 Å². The summed E-state index contributed by atoms with van der Waals surface area (Å²) in [6, 6.07) is 4.35. The number of carbonyl (C=O) groups excluding carboxylic acids is 1. The quantitative estimate of drug-likeness (QED) is 0.300. The van der Waals surface area contributed by atoms with Crippen LogP contribution in [0.3, 0.4) is 0 Å². The fraction of sp³-hybridized carbons (Fsp3) is 0.714. The Balaban J connectivity index is 0.00000420. The predicted octanol–water partition coefficient (Wildman–Crippen LogP) is 3.34. The van der Waals surface area contributed by atoms with Gasteiger partial charge in [-0.25, -0.2) is 0 Å². The van der Waals surface area contributed by atoms with Crippen molar-refractivity contribution in [3.05, 3.63) is 22.4 Å². The largest absolute Gasteiger partial charge is 0.357 e. The number of guanidine groups is 1. The van der Waals surface area contributed by atoms with Crippen LogP contribution >= 0.6 is 35.3 Å². The first kappa shape index (κ1) is 26.2. The average Bonchev–Trinajstić information content (AvgIpc) is 3.20. The number of hydrogen-bond donors (Lipinski definition) is 1. The molecule has 1 aromatic rings. The number of hydrogen-bond acceptors (Lipinski definition) is 4. The average molecular weight is 536 g/mol. The van der Waals surface area contributed by atoms with Gasteiger partial charge in [-0.15, -0.1) is 35.3 Å². The zero-order valence-corrected chi connectivity index (χ0v) is 21.5. The molecule has 166 valence electrons. The SMILES string of the molecule is CCNC(=NCC1CCN(Cc2cccs2)CC1)N(C)CC(=O)N(CC)CC.I. The highest BCUT2D eigenvalue weighted by atomic mass is 127. The van der Waals surface area contributed by atoms with Crippen molar-refractivity contribution in [1.82, 2.24) is 20.0 Å². The van der Waals surface area contributed by atoms with Crippen LogP contribution in [0, 0.1) is 5.92 Å². The van der Waals surface area contributed by atoms with Gasteiger partial charge >= 0.3 is 0 Å². The first-order chi connectivity index (χ1) is 13.6. The summed E-state index contributed by atoms with van der Waals surface area (Å²) >= 11 is 1.84. The minimum atomic E-state index is 0. The molecule has 0 aromatic carbocycles. The minimum absolute atomic E-state index is 0. The van der Waals surface area contributed by atoms with Crippen LogP contribution in [0.25, 0.3) is 0 Å². The molecule has 1 saturated heterocycles. The molecule has 1 aromatic heterocycles. The first-order valence-electron chi connectivity index (χ1n) is 10.6. The van der Waals surface area contributed by atoms with E-state index in [1.165, 1.54) is 17.7 Å². The van der Waals surface area contributed by atoms with Gasteiger partial charge in [-0.05, 0) is 64.1 Å². The van der Waals surface area contributed by atoms with E-state index in [1.54, 1.807) is 0 Å². The lowest BCUT2D eigenvalue weighted by Gasteiger charge is -2.31. The number of likely N-dealkylation sites (tertiary alicyclic amines) is 1. The summed E-state index contributed by atoms with van der Waals surface area (Å²) in [5, 5.41) is 5.49. The number of nitrogens with one attached hydrogen (secondary N) is 1. The second kappa shape index (κ2) is 14.2. The summed E-state index contributed by atoms with van der Waals surface area (Å²) in [5.74, 6) is 1.61. The zero-order chi connectivity index (χ0) is 20.4. The molecule has 1 aliphatic heterocycles. The molecule has 0 radical (unpaired) electrons. The Bertz CT molecular complexity index is 598. The lowest BCUT2D eigenvalue weighted by Crippen LogP contribution is -2.46. The van der Waals surface area contributed by atoms with E-state index < -0.39 is 0 Å². The summed E-state index contributed by atoms with van der Waals surface area (Å²) in [7, 11) is 1.95. The maximum Gasteiger partial charge on any atom is 0.242 e. The van der Waals surface area contributed by atoms with Crippen LogP contribution in [0.5, 0.6) is 0 Å². The summed E-state index contributed by atoms with van der Waals surface area (Å²) in [4.78, 5) is 25.1. The summed E-state index contributed by atoms with van der Waals surface area (Å²) in [5.41, 5.74) is 0. The van der Waals surface area contributed by atoms with Gasteiger partial charge in [0.15, 0.2) is 5.96 Å². The summed E-state index contributed by atoms with van der Waals surface area (Å²) in [6.45, 7) is 13.0. The predicted molar refractivity (Wildman–Crippen MR) is 134 cm³/mol. The molecule has 0 bridgehead atoms. The molecular weight excluding hydrogens is 497 g/mol. The van der Waals surface area contributed by atoms with E-state index in [0.29, 0.717) is 12.5 Å². The van der Waals surface area contributed by atoms with Crippen molar-refractivity contribution < 1.29 is 4.79 Å². The van der Waals surface area contributed by atoms with Crippen LogP contribution in [0.15, 0.2) is 22.5 Å². The lowest BCUT2D eigenvalue weighted by molar-refractivity contribution is -0.131. The van der Waals surface area contributed by atoms with Crippen LogP contribution in [-0.4, -0.2) is 79.4 Å². The molecule has 0 saturated carbocycles.